The molecule has 96 valence electrons. The van der Waals surface area contributed by atoms with Crippen molar-refractivity contribution >= 4 is 38.8 Å². The minimum absolute atomic E-state index is 0.141. The lowest BCUT2D eigenvalue weighted by molar-refractivity contribution is -0.123. The third-order valence-electron chi connectivity index (χ3n) is 2.41. The van der Waals surface area contributed by atoms with Crippen molar-refractivity contribution < 1.29 is 4.79 Å². The van der Waals surface area contributed by atoms with Gasteiger partial charge in [0.05, 0.1) is 9.86 Å². The van der Waals surface area contributed by atoms with Gasteiger partial charge in [-0.05, 0) is 15.9 Å². The Kier molecular flexibility index (Phi) is 3.02. The minimum atomic E-state index is -0.552. The molecule has 0 bridgehead atoms. The van der Waals surface area contributed by atoms with Gasteiger partial charge in [-0.2, -0.15) is 4.98 Å². The summed E-state index contributed by atoms with van der Waals surface area (Å²) in [5.41, 5.74) is -0.434. The maximum absolute atomic E-state index is 11.8. The molecule has 0 aromatic carbocycles. The Labute approximate surface area is 111 Å². The van der Waals surface area contributed by atoms with Crippen molar-refractivity contribution in [3.63, 3.8) is 0 Å². The van der Waals surface area contributed by atoms with Gasteiger partial charge in [-0.15, -0.1) is 0 Å². The van der Waals surface area contributed by atoms with Crippen LogP contribution in [0.5, 0.6) is 0 Å². The largest absolute Gasteiger partial charge is 0.345 e. The number of carbonyl (C=O) groups is 1. The molecule has 0 radical (unpaired) electrons. The highest BCUT2D eigenvalue weighted by atomic mass is 79.9. The number of nitrogens with zero attached hydrogens (tertiary/aromatic N) is 1. The first-order chi connectivity index (χ1) is 8.29. The number of hydrogen-bond donors (Lipinski definition) is 3. The van der Waals surface area contributed by atoms with Crippen molar-refractivity contribution in [1.29, 1.82) is 0 Å². The van der Waals surface area contributed by atoms with E-state index in [-0.39, 0.29) is 17.4 Å². The second-order valence-corrected chi connectivity index (χ2v) is 5.83. The monoisotopic (exact) mass is 312 g/mol. The first-order valence-corrected chi connectivity index (χ1v) is 6.16. The molecule has 1 amide bonds. The molecule has 0 spiro atoms. The molecular formula is C11H13BrN4O2. The van der Waals surface area contributed by atoms with Crippen molar-refractivity contribution in [3.8, 4) is 0 Å². The van der Waals surface area contributed by atoms with E-state index in [0.717, 1.165) is 0 Å². The second-order valence-electron chi connectivity index (χ2n) is 4.98. The Morgan fingerprint density at radius 2 is 2.11 bits per heavy atom. The molecule has 0 aliphatic heterocycles. The van der Waals surface area contributed by atoms with Crippen LogP contribution in [0.2, 0.25) is 0 Å². The van der Waals surface area contributed by atoms with E-state index in [0.29, 0.717) is 15.5 Å². The van der Waals surface area contributed by atoms with Crippen LogP contribution in [-0.2, 0) is 4.79 Å². The van der Waals surface area contributed by atoms with Crippen LogP contribution < -0.4 is 10.9 Å². The van der Waals surface area contributed by atoms with Crippen molar-refractivity contribution in [2.45, 2.75) is 20.8 Å². The van der Waals surface area contributed by atoms with Gasteiger partial charge >= 0.3 is 0 Å². The molecule has 0 aliphatic rings. The highest BCUT2D eigenvalue weighted by molar-refractivity contribution is 9.10. The van der Waals surface area contributed by atoms with Crippen LogP contribution in [-0.4, -0.2) is 20.9 Å². The van der Waals surface area contributed by atoms with Gasteiger partial charge in [0.2, 0.25) is 11.9 Å². The van der Waals surface area contributed by atoms with Gasteiger partial charge < -0.3 is 4.98 Å². The van der Waals surface area contributed by atoms with Crippen LogP contribution in [0.15, 0.2) is 15.5 Å². The van der Waals surface area contributed by atoms with E-state index >= 15 is 0 Å². The highest BCUT2D eigenvalue weighted by Crippen LogP contribution is 2.19. The number of amides is 1. The summed E-state index contributed by atoms with van der Waals surface area (Å²) in [5, 5.41) is 3.02. The number of H-pyrrole nitrogens is 2. The van der Waals surface area contributed by atoms with E-state index in [9.17, 15) is 9.59 Å². The SMILES string of the molecule is CC(C)(C)C(=O)Nc1nc2[nH]cc(Br)c2c(=O)[nH]1. The van der Waals surface area contributed by atoms with E-state index in [1.54, 1.807) is 27.0 Å². The molecule has 7 heteroatoms. The van der Waals surface area contributed by atoms with E-state index in [1.807, 2.05) is 0 Å². The summed E-state index contributed by atoms with van der Waals surface area (Å²) in [4.78, 5) is 33.1. The Hall–Kier alpha value is -1.63. The average molecular weight is 313 g/mol. The normalized spacial score (nSPS) is 11.8. The number of halogens is 1. The third-order valence-corrected chi connectivity index (χ3v) is 3.03. The number of fused-ring (bicyclic) bond motifs is 1. The standard InChI is InChI=1S/C11H13BrN4O2/c1-11(2,3)9(18)16-10-14-7-6(8(17)15-10)5(12)4-13-7/h4H,1-3H3,(H3,13,14,15,16,17,18). The number of hydrogen-bond acceptors (Lipinski definition) is 3. The number of aromatic nitrogens is 3. The molecule has 3 N–H and O–H groups in total. The number of aromatic amines is 2. The maximum atomic E-state index is 11.8. The summed E-state index contributed by atoms with van der Waals surface area (Å²) in [6.45, 7) is 5.35. The first kappa shape index (κ1) is 12.8. The zero-order valence-corrected chi connectivity index (χ0v) is 11.8. The summed E-state index contributed by atoms with van der Waals surface area (Å²) in [6, 6.07) is 0. The van der Waals surface area contributed by atoms with E-state index in [4.69, 9.17) is 0 Å². The Morgan fingerprint density at radius 1 is 1.44 bits per heavy atom. The summed E-state index contributed by atoms with van der Waals surface area (Å²) < 4.78 is 0.639. The van der Waals surface area contributed by atoms with Crippen LogP contribution in [0.1, 0.15) is 20.8 Å². The molecule has 0 atom stereocenters. The molecule has 2 heterocycles. The smallest absolute Gasteiger partial charge is 0.262 e. The maximum Gasteiger partial charge on any atom is 0.262 e. The van der Waals surface area contributed by atoms with Crippen molar-refractivity contribution in [3.05, 3.63) is 21.0 Å². The number of carbonyl (C=O) groups excluding carboxylic acids is 1. The summed E-state index contributed by atoms with van der Waals surface area (Å²) in [6.07, 6.45) is 1.63. The molecule has 0 saturated carbocycles. The fourth-order valence-electron chi connectivity index (χ4n) is 1.36. The van der Waals surface area contributed by atoms with E-state index in [1.165, 1.54) is 0 Å². The fraction of sp³-hybridized carbons (Fsp3) is 0.364. The molecule has 0 aliphatic carbocycles. The number of nitrogens with one attached hydrogen (secondary N) is 3. The Balaban J connectivity index is 2.42. The lowest BCUT2D eigenvalue weighted by atomic mass is 9.96. The van der Waals surface area contributed by atoms with Gasteiger partial charge in [-0.1, -0.05) is 20.8 Å². The van der Waals surface area contributed by atoms with Crippen LogP contribution in [0.25, 0.3) is 11.0 Å². The number of anilines is 1. The van der Waals surface area contributed by atoms with Gasteiger partial charge in [-0.25, -0.2) is 0 Å². The Morgan fingerprint density at radius 3 is 2.72 bits per heavy atom. The average Bonchev–Trinajstić information content (AvgIpc) is 2.59. The van der Waals surface area contributed by atoms with Crippen LogP contribution in [0.3, 0.4) is 0 Å². The minimum Gasteiger partial charge on any atom is -0.345 e. The van der Waals surface area contributed by atoms with Gasteiger partial charge in [-0.3, -0.25) is 19.9 Å². The first-order valence-electron chi connectivity index (χ1n) is 5.37. The molecule has 0 saturated heterocycles. The predicted molar refractivity (Wildman–Crippen MR) is 72.5 cm³/mol. The number of rotatable bonds is 1. The topological polar surface area (TPSA) is 90.6 Å². The van der Waals surface area contributed by atoms with E-state index in [2.05, 4.69) is 36.2 Å². The molecule has 2 aromatic heterocycles. The van der Waals surface area contributed by atoms with E-state index < -0.39 is 5.41 Å². The molecule has 2 aromatic rings. The fourth-order valence-corrected chi connectivity index (χ4v) is 1.84. The highest BCUT2D eigenvalue weighted by Gasteiger charge is 2.22. The molecule has 0 fully saturated rings. The molecule has 2 rings (SSSR count). The second kappa shape index (κ2) is 4.24. The summed E-state index contributed by atoms with van der Waals surface area (Å²) in [5.74, 6) is -0.0719. The van der Waals surface area contributed by atoms with Crippen molar-refractivity contribution in [2.75, 3.05) is 5.32 Å². The van der Waals surface area contributed by atoms with Crippen molar-refractivity contribution in [2.24, 2.45) is 5.41 Å². The third kappa shape index (κ3) is 2.31. The quantitative estimate of drug-likeness (QED) is 0.752. The molecule has 0 unspecified atom stereocenters. The summed E-state index contributed by atoms with van der Waals surface area (Å²) in [7, 11) is 0. The molecular weight excluding hydrogens is 300 g/mol. The lowest BCUT2D eigenvalue weighted by Gasteiger charge is -2.16. The Bertz CT molecular complexity index is 666. The van der Waals surface area contributed by atoms with Crippen LogP contribution in [0.4, 0.5) is 5.95 Å². The van der Waals surface area contributed by atoms with Crippen LogP contribution >= 0.6 is 15.9 Å². The lowest BCUT2D eigenvalue weighted by Crippen LogP contribution is -2.29. The predicted octanol–water partition coefficient (Wildman–Crippen LogP) is 2.00. The van der Waals surface area contributed by atoms with Gasteiger partial charge in [0.1, 0.15) is 5.65 Å². The molecule has 18 heavy (non-hydrogen) atoms. The molecule has 6 nitrogen and oxygen atoms in total. The van der Waals surface area contributed by atoms with Crippen LogP contribution in [0, 0.1) is 5.41 Å². The zero-order valence-electron chi connectivity index (χ0n) is 10.2. The van der Waals surface area contributed by atoms with Gasteiger partial charge in [0.15, 0.2) is 0 Å². The van der Waals surface area contributed by atoms with Crippen molar-refractivity contribution in [1.82, 2.24) is 15.0 Å². The van der Waals surface area contributed by atoms with Gasteiger partial charge in [0, 0.05) is 11.6 Å². The van der Waals surface area contributed by atoms with Gasteiger partial charge in [0.25, 0.3) is 5.56 Å². The summed E-state index contributed by atoms with van der Waals surface area (Å²) >= 11 is 3.25. The zero-order chi connectivity index (χ0) is 13.5.